The minimum Gasteiger partial charge on any atom is -0.328 e. The van der Waals surface area contributed by atoms with Crippen molar-refractivity contribution in [3.05, 3.63) is 11.9 Å². The van der Waals surface area contributed by atoms with Crippen LogP contribution in [0.5, 0.6) is 0 Å². The maximum absolute atomic E-state index is 5.85. The van der Waals surface area contributed by atoms with Gasteiger partial charge >= 0.3 is 0 Å². The third-order valence-corrected chi connectivity index (χ3v) is 2.92. The molecular formula is C9H15ClN4. The summed E-state index contributed by atoms with van der Waals surface area (Å²) in [6.07, 6.45) is 6.01. The molecule has 1 heterocycles. The molecule has 0 unspecified atom stereocenters. The molecular weight excluding hydrogens is 200 g/mol. The number of nitrogens with two attached hydrogens (primary N) is 1. The summed E-state index contributed by atoms with van der Waals surface area (Å²) in [6, 6.07) is 0.780. The van der Waals surface area contributed by atoms with E-state index in [1.54, 1.807) is 0 Å². The number of aryl methyl sites for hydroxylation is 1. The Hall–Kier alpha value is -0.610. The van der Waals surface area contributed by atoms with Gasteiger partial charge in [0.15, 0.2) is 0 Å². The van der Waals surface area contributed by atoms with Crippen LogP contribution in [0, 0.1) is 0 Å². The predicted molar refractivity (Wildman–Crippen MR) is 55.3 cm³/mol. The Kier molecular flexibility index (Phi) is 3.03. The van der Waals surface area contributed by atoms with E-state index < -0.39 is 0 Å². The third-order valence-electron chi connectivity index (χ3n) is 2.73. The van der Waals surface area contributed by atoms with Gasteiger partial charge in [0.25, 0.3) is 0 Å². The second-order valence-electron chi connectivity index (χ2n) is 3.86. The monoisotopic (exact) mass is 214 g/mol. The van der Waals surface area contributed by atoms with Crippen molar-refractivity contribution in [3.8, 4) is 0 Å². The molecule has 1 aliphatic carbocycles. The molecule has 2 N–H and O–H groups in total. The molecule has 78 valence electrons. The molecule has 1 aromatic heterocycles. The van der Waals surface area contributed by atoms with Gasteiger partial charge in [-0.2, -0.15) is 0 Å². The largest absolute Gasteiger partial charge is 0.328 e. The molecule has 0 bridgehead atoms. The lowest BCUT2D eigenvalue weighted by molar-refractivity contribution is 0.448. The van der Waals surface area contributed by atoms with Crippen molar-refractivity contribution >= 4 is 11.6 Å². The third kappa shape index (κ3) is 2.07. The molecule has 1 aromatic rings. The van der Waals surface area contributed by atoms with Crippen LogP contribution in [0.25, 0.3) is 0 Å². The maximum atomic E-state index is 5.85. The van der Waals surface area contributed by atoms with E-state index >= 15 is 0 Å². The molecule has 1 saturated carbocycles. The summed E-state index contributed by atoms with van der Waals surface area (Å²) >= 11 is 5.63. The highest BCUT2D eigenvalue weighted by atomic mass is 35.5. The number of nitrogens with zero attached hydrogens (tertiary/aromatic N) is 3. The Morgan fingerprint density at radius 3 is 3.07 bits per heavy atom. The van der Waals surface area contributed by atoms with Crippen LogP contribution < -0.4 is 5.73 Å². The molecule has 0 saturated heterocycles. The van der Waals surface area contributed by atoms with Gasteiger partial charge in [0, 0.05) is 24.5 Å². The van der Waals surface area contributed by atoms with Crippen molar-refractivity contribution in [2.75, 3.05) is 5.88 Å². The highest BCUT2D eigenvalue weighted by molar-refractivity contribution is 6.17. The highest BCUT2D eigenvalue weighted by Gasteiger charge is 2.23. The zero-order chi connectivity index (χ0) is 9.97. The van der Waals surface area contributed by atoms with E-state index in [1.165, 1.54) is 0 Å². The Morgan fingerprint density at radius 2 is 2.43 bits per heavy atom. The first-order valence-corrected chi connectivity index (χ1v) is 5.55. The SMILES string of the molecule is N[C@H]1CC[C@@H](n2cc(CCCl)nn2)C1. The maximum Gasteiger partial charge on any atom is 0.0839 e. The number of rotatable bonds is 3. The lowest BCUT2D eigenvalue weighted by Gasteiger charge is -2.07. The quantitative estimate of drug-likeness (QED) is 0.767. The van der Waals surface area contributed by atoms with Crippen LogP contribution in [-0.4, -0.2) is 26.9 Å². The first-order chi connectivity index (χ1) is 6.79. The lowest BCUT2D eigenvalue weighted by atomic mass is 10.2. The molecule has 0 amide bonds. The van der Waals surface area contributed by atoms with E-state index in [9.17, 15) is 0 Å². The number of hydrogen-bond donors (Lipinski definition) is 1. The van der Waals surface area contributed by atoms with Gasteiger partial charge in [-0.05, 0) is 19.3 Å². The fourth-order valence-electron chi connectivity index (χ4n) is 1.94. The molecule has 2 atom stereocenters. The summed E-state index contributed by atoms with van der Waals surface area (Å²) in [4.78, 5) is 0. The van der Waals surface area contributed by atoms with Gasteiger partial charge in [-0.25, -0.2) is 4.68 Å². The van der Waals surface area contributed by atoms with Crippen LogP contribution in [0.1, 0.15) is 31.0 Å². The van der Waals surface area contributed by atoms with Crippen LogP contribution in [-0.2, 0) is 6.42 Å². The molecule has 0 aromatic carbocycles. The molecule has 14 heavy (non-hydrogen) atoms. The fraction of sp³-hybridized carbons (Fsp3) is 0.778. The molecule has 4 nitrogen and oxygen atoms in total. The van der Waals surface area contributed by atoms with Crippen molar-refractivity contribution in [1.29, 1.82) is 0 Å². The van der Waals surface area contributed by atoms with Crippen LogP contribution in [0.15, 0.2) is 6.20 Å². The van der Waals surface area contributed by atoms with Gasteiger partial charge < -0.3 is 5.73 Å². The zero-order valence-electron chi connectivity index (χ0n) is 8.06. The summed E-state index contributed by atoms with van der Waals surface area (Å²) in [6.45, 7) is 0. The van der Waals surface area contributed by atoms with Crippen LogP contribution >= 0.6 is 11.6 Å². The van der Waals surface area contributed by atoms with Crippen molar-refractivity contribution in [3.63, 3.8) is 0 Å². The van der Waals surface area contributed by atoms with Gasteiger partial charge in [0.05, 0.1) is 11.7 Å². The van der Waals surface area contributed by atoms with Crippen LogP contribution in [0.2, 0.25) is 0 Å². The van der Waals surface area contributed by atoms with Crippen molar-refractivity contribution < 1.29 is 0 Å². The molecule has 0 radical (unpaired) electrons. The summed E-state index contributed by atoms with van der Waals surface area (Å²) < 4.78 is 1.94. The molecule has 1 aliphatic rings. The van der Waals surface area contributed by atoms with Gasteiger partial charge in [-0.1, -0.05) is 5.21 Å². The molecule has 5 heteroatoms. The topological polar surface area (TPSA) is 56.7 Å². The minimum atomic E-state index is 0.334. The van der Waals surface area contributed by atoms with Crippen molar-refractivity contribution in [2.24, 2.45) is 5.73 Å². The Labute approximate surface area is 88.4 Å². The van der Waals surface area contributed by atoms with Gasteiger partial charge in [-0.3, -0.25) is 0 Å². The van der Waals surface area contributed by atoms with Crippen molar-refractivity contribution in [1.82, 2.24) is 15.0 Å². The van der Waals surface area contributed by atoms with Crippen molar-refractivity contribution in [2.45, 2.75) is 37.8 Å². The minimum absolute atomic E-state index is 0.334. The molecule has 1 fully saturated rings. The van der Waals surface area contributed by atoms with E-state index in [2.05, 4.69) is 10.3 Å². The van der Waals surface area contributed by atoms with Gasteiger partial charge in [0.2, 0.25) is 0 Å². The second-order valence-corrected chi connectivity index (χ2v) is 4.23. The number of aromatic nitrogens is 3. The number of hydrogen-bond acceptors (Lipinski definition) is 3. The van der Waals surface area contributed by atoms with Crippen LogP contribution in [0.3, 0.4) is 0 Å². The van der Waals surface area contributed by atoms with E-state index in [0.717, 1.165) is 31.4 Å². The van der Waals surface area contributed by atoms with Gasteiger partial charge in [-0.15, -0.1) is 16.7 Å². The normalized spacial score (nSPS) is 27.0. The average Bonchev–Trinajstić information content (AvgIpc) is 2.74. The average molecular weight is 215 g/mol. The Balaban J connectivity index is 2.02. The number of alkyl halides is 1. The zero-order valence-corrected chi connectivity index (χ0v) is 8.82. The van der Waals surface area contributed by atoms with Crippen LogP contribution in [0.4, 0.5) is 0 Å². The number of halogens is 1. The van der Waals surface area contributed by atoms with E-state index in [4.69, 9.17) is 17.3 Å². The van der Waals surface area contributed by atoms with Gasteiger partial charge in [0.1, 0.15) is 0 Å². The highest BCUT2D eigenvalue weighted by Crippen LogP contribution is 2.27. The summed E-state index contributed by atoms with van der Waals surface area (Å²) in [5.74, 6) is 0.600. The fourth-order valence-corrected chi connectivity index (χ4v) is 2.13. The van der Waals surface area contributed by atoms with E-state index in [-0.39, 0.29) is 0 Å². The molecule has 0 spiro atoms. The molecule has 0 aliphatic heterocycles. The molecule has 2 rings (SSSR count). The first-order valence-electron chi connectivity index (χ1n) is 5.02. The standard InChI is InChI=1S/C9H15ClN4/c10-4-3-8-6-14(13-12-8)9-2-1-7(11)5-9/h6-7,9H,1-5,11H2/t7-,9+/m0/s1. The Morgan fingerprint density at radius 1 is 1.57 bits per heavy atom. The lowest BCUT2D eigenvalue weighted by Crippen LogP contribution is -2.16. The van der Waals surface area contributed by atoms with E-state index in [0.29, 0.717) is 18.0 Å². The summed E-state index contributed by atoms with van der Waals surface area (Å²) in [5.41, 5.74) is 6.82. The summed E-state index contributed by atoms with van der Waals surface area (Å²) in [7, 11) is 0. The second kappa shape index (κ2) is 4.28. The smallest absolute Gasteiger partial charge is 0.0839 e. The summed E-state index contributed by atoms with van der Waals surface area (Å²) in [5, 5.41) is 8.17. The Bertz CT molecular complexity index is 299. The predicted octanol–water partition coefficient (Wildman–Crippen LogP) is 1.11. The van der Waals surface area contributed by atoms with E-state index in [1.807, 2.05) is 10.9 Å². The first kappa shape index (κ1) is 9.93.